The molecule has 0 aromatic heterocycles. The zero-order valence-corrected chi connectivity index (χ0v) is 12.5. The third-order valence-electron chi connectivity index (χ3n) is 3.61. The highest BCUT2D eigenvalue weighted by Gasteiger charge is 2.39. The van der Waals surface area contributed by atoms with E-state index in [2.05, 4.69) is 26.1 Å². The molecule has 0 saturated heterocycles. The van der Waals surface area contributed by atoms with Crippen LogP contribution >= 0.6 is 0 Å². The molecule has 2 N–H and O–H groups in total. The number of urea groups is 1. The van der Waals surface area contributed by atoms with Gasteiger partial charge in [0.1, 0.15) is 0 Å². The number of hydrogen-bond acceptors (Lipinski definition) is 2. The average molecular weight is 270 g/mol. The van der Waals surface area contributed by atoms with E-state index < -0.39 is 5.97 Å². The van der Waals surface area contributed by atoms with Gasteiger partial charge in [-0.2, -0.15) is 0 Å². The van der Waals surface area contributed by atoms with Crippen LogP contribution in [0.3, 0.4) is 0 Å². The summed E-state index contributed by atoms with van der Waals surface area (Å²) in [6.45, 7) is 7.37. The normalized spacial score (nSPS) is 17.5. The van der Waals surface area contributed by atoms with Crippen LogP contribution < -0.4 is 5.32 Å². The highest BCUT2D eigenvalue weighted by molar-refractivity contribution is 5.74. The Morgan fingerprint density at radius 3 is 2.26 bits per heavy atom. The first-order chi connectivity index (χ1) is 8.64. The largest absolute Gasteiger partial charge is 0.481 e. The Morgan fingerprint density at radius 1 is 1.32 bits per heavy atom. The second-order valence-electron chi connectivity index (χ2n) is 7.00. The van der Waals surface area contributed by atoms with Crippen LogP contribution in [0.2, 0.25) is 0 Å². The summed E-state index contributed by atoms with van der Waals surface area (Å²) in [6.07, 6.45) is 2.99. The van der Waals surface area contributed by atoms with Crippen molar-refractivity contribution in [2.75, 3.05) is 20.1 Å². The van der Waals surface area contributed by atoms with Gasteiger partial charge < -0.3 is 15.3 Å². The van der Waals surface area contributed by atoms with Gasteiger partial charge in [0.25, 0.3) is 0 Å². The number of hydrogen-bond donors (Lipinski definition) is 2. The first-order valence-electron chi connectivity index (χ1n) is 6.84. The fraction of sp³-hybridized carbons (Fsp3) is 0.857. The molecule has 0 radical (unpaired) electrons. The summed E-state index contributed by atoms with van der Waals surface area (Å²) in [4.78, 5) is 24.5. The van der Waals surface area contributed by atoms with Crippen LogP contribution in [0.5, 0.6) is 0 Å². The number of amides is 2. The third-order valence-corrected chi connectivity index (χ3v) is 3.61. The molecule has 1 aliphatic carbocycles. The van der Waals surface area contributed by atoms with Crippen molar-refractivity contribution in [2.24, 2.45) is 10.8 Å². The molecule has 1 fully saturated rings. The maximum absolute atomic E-state index is 12.0. The monoisotopic (exact) mass is 270 g/mol. The van der Waals surface area contributed by atoms with Crippen LogP contribution in [0.1, 0.15) is 46.5 Å². The number of nitrogens with zero attached hydrogens (tertiary/aromatic N) is 1. The van der Waals surface area contributed by atoms with Crippen LogP contribution in [0.4, 0.5) is 4.79 Å². The second kappa shape index (κ2) is 5.80. The van der Waals surface area contributed by atoms with Crippen LogP contribution in [-0.2, 0) is 4.79 Å². The van der Waals surface area contributed by atoms with Gasteiger partial charge in [-0.3, -0.25) is 4.79 Å². The van der Waals surface area contributed by atoms with E-state index in [9.17, 15) is 9.59 Å². The van der Waals surface area contributed by atoms with E-state index in [1.807, 2.05) is 0 Å². The summed E-state index contributed by atoms with van der Waals surface area (Å²) >= 11 is 0. The highest BCUT2D eigenvalue weighted by Crippen LogP contribution is 2.43. The van der Waals surface area contributed by atoms with Crippen molar-refractivity contribution in [3.05, 3.63) is 0 Å². The maximum atomic E-state index is 12.0. The Labute approximate surface area is 115 Å². The summed E-state index contributed by atoms with van der Waals surface area (Å²) < 4.78 is 0. The summed E-state index contributed by atoms with van der Waals surface area (Å²) in [5, 5.41) is 11.8. The number of aliphatic carboxylic acids is 1. The fourth-order valence-corrected chi connectivity index (χ4v) is 2.60. The third kappa shape index (κ3) is 5.09. The summed E-state index contributed by atoms with van der Waals surface area (Å²) in [6, 6.07) is -0.119. The minimum Gasteiger partial charge on any atom is -0.481 e. The van der Waals surface area contributed by atoms with Crippen molar-refractivity contribution in [1.82, 2.24) is 10.2 Å². The Balaban J connectivity index is 2.42. The van der Waals surface area contributed by atoms with Gasteiger partial charge in [0.15, 0.2) is 0 Å². The average Bonchev–Trinajstić information content (AvgIpc) is 2.18. The smallest absolute Gasteiger partial charge is 0.317 e. The lowest BCUT2D eigenvalue weighted by Gasteiger charge is -2.41. The Morgan fingerprint density at radius 2 is 1.89 bits per heavy atom. The lowest BCUT2D eigenvalue weighted by molar-refractivity contribution is -0.141. The second-order valence-corrected chi connectivity index (χ2v) is 7.00. The first kappa shape index (κ1) is 15.8. The van der Waals surface area contributed by atoms with E-state index in [-0.39, 0.29) is 23.3 Å². The molecule has 0 spiro atoms. The van der Waals surface area contributed by atoms with Crippen molar-refractivity contribution in [1.29, 1.82) is 0 Å². The molecule has 0 atom stereocenters. The Hall–Kier alpha value is -1.26. The lowest BCUT2D eigenvalue weighted by Crippen LogP contribution is -2.48. The van der Waals surface area contributed by atoms with E-state index in [1.54, 1.807) is 11.9 Å². The lowest BCUT2D eigenvalue weighted by atomic mass is 9.66. The number of rotatable bonds is 5. The molecule has 5 nitrogen and oxygen atoms in total. The van der Waals surface area contributed by atoms with Gasteiger partial charge in [-0.25, -0.2) is 4.79 Å². The van der Waals surface area contributed by atoms with Gasteiger partial charge in [0, 0.05) is 20.1 Å². The number of carboxylic acid groups (broad SMARTS) is 1. The molecule has 0 heterocycles. The summed E-state index contributed by atoms with van der Waals surface area (Å²) in [7, 11) is 1.77. The van der Waals surface area contributed by atoms with Crippen molar-refractivity contribution < 1.29 is 14.7 Å². The van der Waals surface area contributed by atoms with Crippen molar-refractivity contribution in [3.8, 4) is 0 Å². The molecule has 0 unspecified atom stereocenters. The molecule has 0 aromatic rings. The minimum absolute atomic E-state index is 0.0569. The molecule has 19 heavy (non-hydrogen) atoms. The summed E-state index contributed by atoms with van der Waals surface area (Å²) in [5.74, 6) is -0.781. The van der Waals surface area contributed by atoms with Gasteiger partial charge in [-0.1, -0.05) is 27.2 Å². The van der Waals surface area contributed by atoms with Gasteiger partial charge in [0.05, 0.1) is 6.42 Å². The van der Waals surface area contributed by atoms with E-state index in [4.69, 9.17) is 5.11 Å². The molecule has 110 valence electrons. The molecule has 0 bridgehead atoms. The number of carbonyl (C=O) groups excluding carboxylic acids is 1. The van der Waals surface area contributed by atoms with Crippen LogP contribution in [-0.4, -0.2) is 42.1 Å². The molecular formula is C14H26N2O3. The van der Waals surface area contributed by atoms with Gasteiger partial charge in [0.2, 0.25) is 0 Å². The Kier molecular flexibility index (Phi) is 4.82. The molecule has 5 heteroatoms. The van der Waals surface area contributed by atoms with Gasteiger partial charge in [-0.05, 0) is 23.7 Å². The maximum Gasteiger partial charge on any atom is 0.317 e. The predicted octanol–water partition coefficient (Wildman–Crippen LogP) is 2.32. The van der Waals surface area contributed by atoms with Crippen LogP contribution in [0.15, 0.2) is 0 Å². The number of nitrogens with one attached hydrogen (secondary N) is 1. The SMILES string of the molecule is CN(CC(C)(C)C)C(=O)NCC1(CC(=O)O)CCC1. The van der Waals surface area contributed by atoms with E-state index in [0.717, 1.165) is 19.3 Å². The predicted molar refractivity (Wildman–Crippen MR) is 74.0 cm³/mol. The zero-order valence-electron chi connectivity index (χ0n) is 12.5. The Bertz CT molecular complexity index is 343. The summed E-state index contributed by atoms with van der Waals surface area (Å²) in [5.41, 5.74) is -0.161. The van der Waals surface area contributed by atoms with Gasteiger partial charge >= 0.3 is 12.0 Å². The zero-order chi connectivity index (χ0) is 14.7. The van der Waals surface area contributed by atoms with E-state index >= 15 is 0 Å². The molecular weight excluding hydrogens is 244 g/mol. The highest BCUT2D eigenvalue weighted by atomic mass is 16.4. The quantitative estimate of drug-likeness (QED) is 0.805. The van der Waals surface area contributed by atoms with Crippen molar-refractivity contribution in [3.63, 3.8) is 0 Å². The molecule has 2 amide bonds. The number of carbonyl (C=O) groups is 2. The molecule has 1 aliphatic rings. The molecule has 1 rings (SSSR count). The van der Waals surface area contributed by atoms with E-state index in [1.165, 1.54) is 0 Å². The van der Waals surface area contributed by atoms with Crippen LogP contribution in [0.25, 0.3) is 0 Å². The minimum atomic E-state index is -0.781. The number of carboxylic acids is 1. The first-order valence-corrected chi connectivity index (χ1v) is 6.84. The van der Waals surface area contributed by atoms with Crippen LogP contribution in [0, 0.1) is 10.8 Å². The van der Waals surface area contributed by atoms with E-state index in [0.29, 0.717) is 13.1 Å². The topological polar surface area (TPSA) is 69.6 Å². The van der Waals surface area contributed by atoms with Crippen molar-refractivity contribution >= 4 is 12.0 Å². The van der Waals surface area contributed by atoms with Crippen molar-refractivity contribution in [2.45, 2.75) is 46.5 Å². The molecule has 0 aromatic carbocycles. The molecule has 0 aliphatic heterocycles. The standard InChI is InChI=1S/C14H26N2O3/c1-13(2,3)10-16(4)12(19)15-9-14(6-5-7-14)8-11(17)18/h5-10H2,1-4H3,(H,15,19)(H,17,18). The fourth-order valence-electron chi connectivity index (χ4n) is 2.60. The van der Waals surface area contributed by atoms with Gasteiger partial charge in [-0.15, -0.1) is 0 Å². The molecule has 1 saturated carbocycles.